The first kappa shape index (κ1) is 12.1. The summed E-state index contributed by atoms with van der Waals surface area (Å²) in [6.07, 6.45) is 3.33. The number of fused-ring (bicyclic) bond motifs is 1. The number of hydrogen-bond acceptors (Lipinski definition) is 3. The van der Waals surface area contributed by atoms with Gasteiger partial charge < -0.3 is 9.88 Å². The molecule has 100 valence electrons. The predicted octanol–water partition coefficient (Wildman–Crippen LogP) is 2.67. The van der Waals surface area contributed by atoms with E-state index in [1.807, 2.05) is 13.0 Å². The highest BCUT2D eigenvalue weighted by Crippen LogP contribution is 2.18. The van der Waals surface area contributed by atoms with Crippen molar-refractivity contribution >= 4 is 5.69 Å². The second kappa shape index (κ2) is 4.99. The van der Waals surface area contributed by atoms with E-state index in [1.54, 1.807) is 6.07 Å². The molecule has 1 N–H and O–H groups in total. The van der Waals surface area contributed by atoms with Gasteiger partial charge in [0, 0.05) is 13.0 Å². The van der Waals surface area contributed by atoms with Gasteiger partial charge in [0.25, 0.3) is 0 Å². The molecule has 2 heterocycles. The van der Waals surface area contributed by atoms with Crippen LogP contribution in [0, 0.1) is 12.7 Å². The first-order valence-electron chi connectivity index (χ1n) is 6.65. The average molecular weight is 260 g/mol. The van der Waals surface area contributed by atoms with Crippen LogP contribution < -0.4 is 5.32 Å². The summed E-state index contributed by atoms with van der Waals surface area (Å²) >= 11 is 0. The number of halogens is 1. The van der Waals surface area contributed by atoms with Gasteiger partial charge in [0.1, 0.15) is 11.6 Å². The standard InChI is InChI=1S/C14H17FN4/c1-10-5-6-12(11(15)8-10)16-9-14-18-17-13-4-2-3-7-19(13)14/h5-6,8,16H,2-4,7,9H2,1H3. The molecule has 0 saturated carbocycles. The van der Waals surface area contributed by atoms with Crippen LogP contribution in [0.15, 0.2) is 18.2 Å². The molecule has 3 rings (SSSR count). The van der Waals surface area contributed by atoms with Crippen LogP contribution in [0.4, 0.5) is 10.1 Å². The Kier molecular flexibility index (Phi) is 3.19. The van der Waals surface area contributed by atoms with E-state index in [9.17, 15) is 4.39 Å². The number of benzene rings is 1. The zero-order chi connectivity index (χ0) is 13.2. The van der Waals surface area contributed by atoms with Crippen LogP contribution in [0.25, 0.3) is 0 Å². The molecule has 0 fully saturated rings. The molecule has 5 heteroatoms. The van der Waals surface area contributed by atoms with E-state index in [-0.39, 0.29) is 5.82 Å². The number of aromatic nitrogens is 3. The maximum absolute atomic E-state index is 13.7. The van der Waals surface area contributed by atoms with Crippen molar-refractivity contribution in [1.82, 2.24) is 14.8 Å². The van der Waals surface area contributed by atoms with E-state index in [0.717, 1.165) is 36.6 Å². The van der Waals surface area contributed by atoms with Crippen LogP contribution in [0.1, 0.15) is 30.1 Å². The maximum Gasteiger partial charge on any atom is 0.152 e. The number of hydrogen-bond donors (Lipinski definition) is 1. The van der Waals surface area contributed by atoms with Crippen molar-refractivity contribution in [3.8, 4) is 0 Å². The van der Waals surface area contributed by atoms with Gasteiger partial charge in [-0.05, 0) is 37.5 Å². The molecule has 0 saturated heterocycles. The predicted molar refractivity (Wildman–Crippen MR) is 71.4 cm³/mol. The van der Waals surface area contributed by atoms with Crippen molar-refractivity contribution in [2.45, 2.75) is 39.3 Å². The number of nitrogens with one attached hydrogen (secondary N) is 1. The molecule has 0 spiro atoms. The first-order chi connectivity index (χ1) is 9.24. The first-order valence-corrected chi connectivity index (χ1v) is 6.65. The fraction of sp³-hybridized carbons (Fsp3) is 0.429. The summed E-state index contributed by atoms with van der Waals surface area (Å²) in [7, 11) is 0. The Labute approximate surface area is 111 Å². The van der Waals surface area contributed by atoms with Crippen molar-refractivity contribution < 1.29 is 4.39 Å². The maximum atomic E-state index is 13.7. The molecule has 1 aromatic heterocycles. The van der Waals surface area contributed by atoms with Gasteiger partial charge in [-0.1, -0.05) is 6.07 Å². The Morgan fingerprint density at radius 2 is 2.21 bits per heavy atom. The van der Waals surface area contributed by atoms with Crippen molar-refractivity contribution in [1.29, 1.82) is 0 Å². The van der Waals surface area contributed by atoms with E-state index in [1.165, 1.54) is 12.5 Å². The smallest absolute Gasteiger partial charge is 0.152 e. The molecule has 1 aliphatic rings. The Morgan fingerprint density at radius 3 is 3.05 bits per heavy atom. The van der Waals surface area contributed by atoms with Crippen LogP contribution >= 0.6 is 0 Å². The number of rotatable bonds is 3. The third-order valence-electron chi connectivity index (χ3n) is 3.50. The van der Waals surface area contributed by atoms with Crippen LogP contribution in [0.5, 0.6) is 0 Å². The second-order valence-electron chi connectivity index (χ2n) is 4.98. The molecule has 0 bridgehead atoms. The number of anilines is 1. The van der Waals surface area contributed by atoms with E-state index in [2.05, 4.69) is 20.1 Å². The summed E-state index contributed by atoms with van der Waals surface area (Å²) in [6.45, 7) is 3.35. The van der Waals surface area contributed by atoms with Crippen LogP contribution in [-0.4, -0.2) is 14.8 Å². The molecular formula is C14H17FN4. The Balaban J connectivity index is 1.74. The zero-order valence-corrected chi connectivity index (χ0v) is 11.0. The largest absolute Gasteiger partial charge is 0.375 e. The third-order valence-corrected chi connectivity index (χ3v) is 3.50. The fourth-order valence-corrected chi connectivity index (χ4v) is 2.44. The van der Waals surface area contributed by atoms with Crippen molar-refractivity contribution in [3.63, 3.8) is 0 Å². The van der Waals surface area contributed by atoms with Crippen LogP contribution in [0.2, 0.25) is 0 Å². The molecule has 1 aromatic carbocycles. The molecule has 0 aliphatic carbocycles. The summed E-state index contributed by atoms with van der Waals surface area (Å²) in [5.74, 6) is 1.71. The third kappa shape index (κ3) is 2.45. The molecule has 19 heavy (non-hydrogen) atoms. The van der Waals surface area contributed by atoms with Gasteiger partial charge in [-0.15, -0.1) is 10.2 Å². The summed E-state index contributed by atoms with van der Waals surface area (Å²) in [6, 6.07) is 5.18. The average Bonchev–Trinajstić information content (AvgIpc) is 2.81. The second-order valence-corrected chi connectivity index (χ2v) is 4.98. The van der Waals surface area contributed by atoms with Gasteiger partial charge in [0.15, 0.2) is 5.82 Å². The van der Waals surface area contributed by atoms with E-state index >= 15 is 0 Å². The van der Waals surface area contributed by atoms with Crippen LogP contribution in [-0.2, 0) is 19.5 Å². The summed E-state index contributed by atoms with van der Waals surface area (Å²) in [5, 5.41) is 11.5. The molecule has 1 aliphatic heterocycles. The molecule has 4 nitrogen and oxygen atoms in total. The van der Waals surface area contributed by atoms with Crippen molar-refractivity contribution in [3.05, 3.63) is 41.2 Å². The van der Waals surface area contributed by atoms with E-state index in [0.29, 0.717) is 12.2 Å². The monoisotopic (exact) mass is 260 g/mol. The zero-order valence-electron chi connectivity index (χ0n) is 11.0. The Bertz CT molecular complexity index is 591. The molecule has 0 unspecified atom stereocenters. The van der Waals surface area contributed by atoms with Crippen LogP contribution in [0.3, 0.4) is 0 Å². The van der Waals surface area contributed by atoms with E-state index in [4.69, 9.17) is 0 Å². The lowest BCUT2D eigenvalue weighted by Crippen LogP contribution is -2.15. The summed E-state index contributed by atoms with van der Waals surface area (Å²) in [5.41, 5.74) is 1.43. The van der Waals surface area contributed by atoms with Gasteiger partial charge in [-0.2, -0.15) is 0 Å². The lowest BCUT2D eigenvalue weighted by atomic mass is 10.1. The van der Waals surface area contributed by atoms with Gasteiger partial charge in [-0.3, -0.25) is 0 Å². The Hall–Kier alpha value is -1.91. The molecule has 0 radical (unpaired) electrons. The summed E-state index contributed by atoms with van der Waals surface area (Å²) in [4.78, 5) is 0. The quantitative estimate of drug-likeness (QED) is 0.922. The van der Waals surface area contributed by atoms with Gasteiger partial charge in [0.05, 0.1) is 12.2 Å². The van der Waals surface area contributed by atoms with Gasteiger partial charge in [-0.25, -0.2) is 4.39 Å². The highest BCUT2D eigenvalue weighted by atomic mass is 19.1. The minimum Gasteiger partial charge on any atom is -0.375 e. The molecular weight excluding hydrogens is 243 g/mol. The molecule has 0 amide bonds. The van der Waals surface area contributed by atoms with E-state index < -0.39 is 0 Å². The number of nitrogens with zero attached hydrogens (tertiary/aromatic N) is 3. The number of aryl methyl sites for hydroxylation is 2. The normalized spacial score (nSPS) is 14.2. The Morgan fingerprint density at radius 1 is 1.32 bits per heavy atom. The highest BCUT2D eigenvalue weighted by Gasteiger charge is 2.15. The van der Waals surface area contributed by atoms with Gasteiger partial charge in [0.2, 0.25) is 0 Å². The molecule has 2 aromatic rings. The minimum atomic E-state index is -0.224. The minimum absolute atomic E-state index is 0.224. The summed E-state index contributed by atoms with van der Waals surface area (Å²) < 4.78 is 15.9. The fourth-order valence-electron chi connectivity index (χ4n) is 2.44. The lowest BCUT2D eigenvalue weighted by Gasteiger charge is -2.15. The van der Waals surface area contributed by atoms with Crippen molar-refractivity contribution in [2.24, 2.45) is 0 Å². The van der Waals surface area contributed by atoms with Gasteiger partial charge >= 0.3 is 0 Å². The van der Waals surface area contributed by atoms with Crippen molar-refractivity contribution in [2.75, 3.05) is 5.32 Å². The SMILES string of the molecule is Cc1ccc(NCc2nnc3n2CCCC3)c(F)c1. The lowest BCUT2D eigenvalue weighted by molar-refractivity contribution is 0.509. The highest BCUT2D eigenvalue weighted by molar-refractivity contribution is 5.46. The molecule has 0 atom stereocenters. The topological polar surface area (TPSA) is 42.7 Å².